The summed E-state index contributed by atoms with van der Waals surface area (Å²) in [5, 5.41) is 0. The van der Waals surface area contributed by atoms with Gasteiger partial charge in [0.05, 0.1) is 20.1 Å². The lowest BCUT2D eigenvalue weighted by atomic mass is 9.82. The lowest BCUT2D eigenvalue weighted by Gasteiger charge is -2.37. The molecule has 7 heteroatoms. The molecule has 0 amide bonds. The van der Waals surface area contributed by atoms with Gasteiger partial charge in [0.2, 0.25) is 5.88 Å². The van der Waals surface area contributed by atoms with E-state index in [4.69, 9.17) is 14.2 Å². The number of hydrogen-bond donors (Lipinski definition) is 0. The zero-order valence-corrected chi connectivity index (χ0v) is 26.1. The first-order valence-electron chi connectivity index (χ1n) is 16.4. The van der Waals surface area contributed by atoms with Gasteiger partial charge in [-0.25, -0.2) is 9.37 Å². The van der Waals surface area contributed by atoms with E-state index in [0.29, 0.717) is 23.0 Å². The van der Waals surface area contributed by atoms with Crippen molar-refractivity contribution in [1.82, 2.24) is 9.88 Å². The van der Waals surface area contributed by atoms with Crippen LogP contribution in [0.4, 0.5) is 4.39 Å². The van der Waals surface area contributed by atoms with Crippen LogP contribution in [0.3, 0.4) is 0 Å². The summed E-state index contributed by atoms with van der Waals surface area (Å²) in [7, 11) is 3.03. The average Bonchev–Trinajstić information content (AvgIpc) is 4.00. The molecule has 3 aromatic rings. The van der Waals surface area contributed by atoms with E-state index in [1.165, 1.54) is 50.8 Å². The molecule has 1 spiro atoms. The third-order valence-corrected chi connectivity index (χ3v) is 10.6. The van der Waals surface area contributed by atoms with Crippen LogP contribution in [0.25, 0.3) is 11.3 Å². The minimum Gasteiger partial charge on any atom is -0.485 e. The van der Waals surface area contributed by atoms with Crippen LogP contribution in [0.1, 0.15) is 92.6 Å². The fourth-order valence-electron chi connectivity index (χ4n) is 7.80. The molecule has 0 radical (unpaired) electrons. The second-order valence-electron chi connectivity index (χ2n) is 13.4. The van der Waals surface area contributed by atoms with Crippen molar-refractivity contribution in [1.29, 1.82) is 0 Å². The minimum atomic E-state index is -0.346. The number of ether oxygens (including phenoxy) is 3. The molecule has 44 heavy (non-hydrogen) atoms. The minimum absolute atomic E-state index is 0.109. The molecule has 2 saturated carbocycles. The van der Waals surface area contributed by atoms with Gasteiger partial charge in [0, 0.05) is 23.7 Å². The third kappa shape index (κ3) is 5.60. The number of esters is 1. The summed E-state index contributed by atoms with van der Waals surface area (Å²) in [6.45, 7) is 3.82. The van der Waals surface area contributed by atoms with Crippen molar-refractivity contribution < 1.29 is 23.4 Å². The maximum absolute atomic E-state index is 15.2. The molecular formula is C37H43FN2O4. The molecule has 6 nitrogen and oxygen atoms in total. The summed E-state index contributed by atoms with van der Waals surface area (Å²) in [6.07, 6.45) is 10.2. The van der Waals surface area contributed by atoms with Gasteiger partial charge in [0.25, 0.3) is 0 Å². The van der Waals surface area contributed by atoms with Crippen LogP contribution < -0.4 is 9.47 Å². The molecule has 3 heterocycles. The van der Waals surface area contributed by atoms with Crippen molar-refractivity contribution in [3.63, 3.8) is 0 Å². The van der Waals surface area contributed by atoms with Gasteiger partial charge in [-0.1, -0.05) is 43.7 Å². The highest BCUT2D eigenvalue weighted by molar-refractivity contribution is 5.73. The maximum atomic E-state index is 15.2. The molecule has 1 saturated heterocycles. The van der Waals surface area contributed by atoms with E-state index in [1.807, 2.05) is 13.0 Å². The van der Waals surface area contributed by atoms with Gasteiger partial charge < -0.3 is 14.2 Å². The van der Waals surface area contributed by atoms with E-state index in [-0.39, 0.29) is 29.7 Å². The zero-order chi connectivity index (χ0) is 30.4. The number of fused-ring (bicyclic) bond motifs is 1. The lowest BCUT2D eigenvalue weighted by Crippen LogP contribution is -2.40. The molecule has 4 aliphatic rings. The second kappa shape index (κ2) is 11.8. The molecule has 2 aliphatic carbocycles. The van der Waals surface area contributed by atoms with E-state index in [2.05, 4.69) is 40.2 Å². The molecule has 232 valence electrons. The van der Waals surface area contributed by atoms with Crippen LogP contribution in [0.2, 0.25) is 0 Å². The Morgan fingerprint density at radius 1 is 1.07 bits per heavy atom. The van der Waals surface area contributed by atoms with E-state index >= 15 is 4.39 Å². The number of rotatable bonds is 9. The van der Waals surface area contributed by atoms with Gasteiger partial charge in [-0.05, 0) is 104 Å². The first-order chi connectivity index (χ1) is 21.4. The number of carbonyl (C=O) groups excluding carboxylic acids is 1. The van der Waals surface area contributed by atoms with Gasteiger partial charge >= 0.3 is 5.97 Å². The molecule has 7 rings (SSSR count). The Bertz CT molecular complexity index is 1550. The summed E-state index contributed by atoms with van der Waals surface area (Å²) in [6, 6.07) is 15.9. The number of hydrogen-bond acceptors (Lipinski definition) is 6. The molecule has 2 aliphatic heterocycles. The second-order valence-corrected chi connectivity index (χ2v) is 13.4. The Labute approximate surface area is 259 Å². The van der Waals surface area contributed by atoms with Gasteiger partial charge in [-0.3, -0.25) is 9.69 Å². The molecule has 3 atom stereocenters. The number of carbonyl (C=O) groups is 1. The summed E-state index contributed by atoms with van der Waals surface area (Å²) in [5.41, 5.74) is 5.99. The molecule has 1 unspecified atom stereocenters. The lowest BCUT2D eigenvalue weighted by molar-refractivity contribution is -0.145. The number of nitrogens with zero attached hydrogens (tertiary/aromatic N) is 2. The number of benzene rings is 2. The van der Waals surface area contributed by atoms with Crippen molar-refractivity contribution >= 4 is 5.97 Å². The standard InChI is InChI=1S/C37H43FN2O4/c1-23(36(41)43-3)34(25-7-8-25)27-9-6-24-11-14-31(44-32(24)21-27)26-10-12-29(35-30(38)13-15-33(39-35)42-2)28(20-26)22-40-19-5-4-16-37(40)17-18-37/h6,9-10,12-13,15,20-21,23,25,31,34H,4-5,7-8,11,14,16-19,22H2,1-3H3/t23-,31?,34-/m0/s1. The van der Waals surface area contributed by atoms with Gasteiger partial charge in [-0.2, -0.15) is 0 Å². The summed E-state index contributed by atoms with van der Waals surface area (Å²) in [4.78, 5) is 19.7. The van der Waals surface area contributed by atoms with E-state index in [9.17, 15) is 4.79 Å². The quantitative estimate of drug-likeness (QED) is 0.235. The van der Waals surface area contributed by atoms with Crippen molar-refractivity contribution in [3.05, 3.63) is 76.6 Å². The Balaban J connectivity index is 1.21. The number of pyridine rings is 1. The van der Waals surface area contributed by atoms with Gasteiger partial charge in [-0.15, -0.1) is 0 Å². The smallest absolute Gasteiger partial charge is 0.309 e. The van der Waals surface area contributed by atoms with Crippen LogP contribution in [-0.2, 0) is 22.5 Å². The number of likely N-dealkylation sites (tertiary alicyclic amines) is 1. The largest absolute Gasteiger partial charge is 0.485 e. The average molecular weight is 599 g/mol. The monoisotopic (exact) mass is 598 g/mol. The Hall–Kier alpha value is -3.45. The summed E-state index contributed by atoms with van der Waals surface area (Å²) >= 11 is 0. The van der Waals surface area contributed by atoms with Crippen molar-refractivity contribution in [2.24, 2.45) is 11.8 Å². The zero-order valence-electron chi connectivity index (χ0n) is 26.1. The molecule has 1 aromatic heterocycles. The number of methoxy groups -OCH3 is 2. The fraction of sp³-hybridized carbons (Fsp3) is 0.514. The highest BCUT2D eigenvalue weighted by atomic mass is 19.1. The number of aromatic nitrogens is 1. The van der Waals surface area contributed by atoms with E-state index in [0.717, 1.165) is 66.8 Å². The molecule has 2 aromatic carbocycles. The normalized spacial score (nSPS) is 22.0. The predicted molar refractivity (Wildman–Crippen MR) is 167 cm³/mol. The summed E-state index contributed by atoms with van der Waals surface area (Å²) in [5.74, 6) is 1.24. The first kappa shape index (κ1) is 29.3. The van der Waals surface area contributed by atoms with Gasteiger partial charge in [0.1, 0.15) is 23.4 Å². The Morgan fingerprint density at radius 2 is 1.91 bits per heavy atom. The van der Waals surface area contributed by atoms with Crippen LogP contribution in [0.15, 0.2) is 48.5 Å². The topological polar surface area (TPSA) is 60.9 Å². The molecule has 0 N–H and O–H groups in total. The first-order valence-corrected chi connectivity index (χ1v) is 16.4. The van der Waals surface area contributed by atoms with Gasteiger partial charge in [0.15, 0.2) is 0 Å². The number of halogens is 1. The van der Waals surface area contributed by atoms with E-state index in [1.54, 1.807) is 13.2 Å². The SMILES string of the molecule is COC(=O)[C@@H](C)[C@H](c1ccc2c(c1)OC(c1ccc(-c3nc(OC)ccc3F)c(CN3CCCCC34CC4)c1)CC2)C1CC1. The highest BCUT2D eigenvalue weighted by Crippen LogP contribution is 2.50. The number of aryl methyl sites for hydroxylation is 1. The predicted octanol–water partition coefficient (Wildman–Crippen LogP) is 7.78. The van der Waals surface area contributed by atoms with E-state index < -0.39 is 0 Å². The van der Waals surface area contributed by atoms with Crippen LogP contribution >= 0.6 is 0 Å². The molecule has 0 bridgehead atoms. The summed E-state index contributed by atoms with van der Waals surface area (Å²) < 4.78 is 32.5. The Kier molecular flexibility index (Phi) is 7.86. The maximum Gasteiger partial charge on any atom is 0.309 e. The molecular weight excluding hydrogens is 555 g/mol. The van der Waals surface area contributed by atoms with Crippen molar-refractivity contribution in [3.8, 4) is 22.9 Å². The fourth-order valence-corrected chi connectivity index (χ4v) is 7.80. The number of piperidine rings is 1. The third-order valence-electron chi connectivity index (χ3n) is 10.6. The highest BCUT2D eigenvalue weighted by Gasteiger charge is 2.48. The van der Waals surface area contributed by atoms with Crippen molar-refractivity contribution in [2.45, 2.75) is 88.8 Å². The Morgan fingerprint density at radius 3 is 2.66 bits per heavy atom. The van der Waals surface area contributed by atoms with Crippen molar-refractivity contribution in [2.75, 3.05) is 20.8 Å². The van der Waals surface area contributed by atoms with Crippen LogP contribution in [0.5, 0.6) is 11.6 Å². The van der Waals surface area contributed by atoms with Crippen LogP contribution in [0, 0.1) is 17.7 Å². The van der Waals surface area contributed by atoms with Crippen LogP contribution in [-0.4, -0.2) is 42.2 Å². The molecule has 3 fully saturated rings.